The molecule has 0 bridgehead atoms. The van der Waals surface area contributed by atoms with Crippen LogP contribution in [-0.2, 0) is 0 Å². The van der Waals surface area contributed by atoms with Crippen molar-refractivity contribution in [2.45, 2.75) is 0 Å². The number of benzene rings is 9. The van der Waals surface area contributed by atoms with Crippen molar-refractivity contribution >= 4 is 54.1 Å². The highest BCUT2D eigenvalue weighted by Gasteiger charge is 2.14. The Morgan fingerprint density at radius 1 is 0.210 bits per heavy atom. The van der Waals surface area contributed by atoms with Crippen molar-refractivity contribution in [3.05, 3.63) is 218 Å². The Morgan fingerprint density at radius 2 is 0.613 bits per heavy atom. The Kier molecular flexibility index (Phi) is 8.46. The maximum Gasteiger partial charge on any atom is 0.160 e. The molecule has 62 heavy (non-hydrogen) atoms. The van der Waals surface area contributed by atoms with Gasteiger partial charge in [0.25, 0.3) is 0 Å². The fourth-order valence-electron chi connectivity index (χ4n) is 8.91. The lowest BCUT2D eigenvalue weighted by molar-refractivity contribution is 1.18. The second-order valence-corrected chi connectivity index (χ2v) is 15.8. The summed E-state index contributed by atoms with van der Waals surface area (Å²) in [4.78, 5) is 20.6. The largest absolute Gasteiger partial charge is 0.245 e. The summed E-state index contributed by atoms with van der Waals surface area (Å²) in [6.45, 7) is 0. The van der Waals surface area contributed by atoms with Gasteiger partial charge in [-0.1, -0.05) is 188 Å². The van der Waals surface area contributed by atoms with Gasteiger partial charge in [-0.25, -0.2) is 19.9 Å². The van der Waals surface area contributed by atoms with E-state index in [-0.39, 0.29) is 0 Å². The SMILES string of the molecule is c1ccc(-c2cc(-c3ccc(-c4ccc5ccc6ccc(-c7cccc(-c8ccc9c%10ccccc%10c%10ccccc%10c9c8)c7)nc6c5n4)cc3)nc(-c3ccccc3)n2)cc1. The molecular formula is C58H36N4. The first-order valence-corrected chi connectivity index (χ1v) is 21.0. The van der Waals surface area contributed by atoms with Crippen LogP contribution in [0.3, 0.4) is 0 Å². The zero-order chi connectivity index (χ0) is 41.0. The molecule has 0 aliphatic rings. The molecule has 288 valence electrons. The topological polar surface area (TPSA) is 51.6 Å². The van der Waals surface area contributed by atoms with Gasteiger partial charge in [-0.05, 0) is 73.8 Å². The van der Waals surface area contributed by atoms with Crippen molar-refractivity contribution in [1.82, 2.24) is 19.9 Å². The first-order valence-electron chi connectivity index (χ1n) is 21.0. The molecular weight excluding hydrogens is 753 g/mol. The van der Waals surface area contributed by atoms with Gasteiger partial charge in [0.05, 0.1) is 33.8 Å². The van der Waals surface area contributed by atoms with Gasteiger partial charge in [0.1, 0.15) is 0 Å². The van der Waals surface area contributed by atoms with Gasteiger partial charge >= 0.3 is 0 Å². The first-order chi connectivity index (χ1) is 30.7. The third-order valence-corrected chi connectivity index (χ3v) is 12.1. The molecule has 0 fully saturated rings. The summed E-state index contributed by atoms with van der Waals surface area (Å²) in [6.07, 6.45) is 0. The van der Waals surface area contributed by atoms with E-state index in [0.717, 1.165) is 78.0 Å². The molecule has 3 heterocycles. The zero-order valence-corrected chi connectivity index (χ0v) is 33.6. The summed E-state index contributed by atoms with van der Waals surface area (Å²) >= 11 is 0. The second kappa shape index (κ2) is 14.7. The molecule has 0 aliphatic carbocycles. The number of rotatable bonds is 6. The van der Waals surface area contributed by atoms with E-state index in [1.165, 1.54) is 37.9 Å². The molecule has 0 spiro atoms. The summed E-state index contributed by atoms with van der Waals surface area (Å²) in [5.41, 5.74) is 12.8. The lowest BCUT2D eigenvalue weighted by atomic mass is 9.91. The van der Waals surface area contributed by atoms with E-state index in [1.807, 2.05) is 36.4 Å². The minimum Gasteiger partial charge on any atom is -0.245 e. The molecule has 0 N–H and O–H groups in total. The molecule has 0 unspecified atom stereocenters. The van der Waals surface area contributed by atoms with Gasteiger partial charge in [0.15, 0.2) is 5.82 Å². The van der Waals surface area contributed by atoms with Crippen LogP contribution in [0, 0.1) is 0 Å². The summed E-state index contributed by atoms with van der Waals surface area (Å²) < 4.78 is 0. The predicted molar refractivity (Wildman–Crippen MR) is 258 cm³/mol. The molecule has 12 aromatic rings. The second-order valence-electron chi connectivity index (χ2n) is 15.8. The minimum atomic E-state index is 0.698. The third-order valence-electron chi connectivity index (χ3n) is 12.1. The van der Waals surface area contributed by atoms with Crippen LogP contribution in [-0.4, -0.2) is 19.9 Å². The molecule has 9 aromatic carbocycles. The number of hydrogen-bond acceptors (Lipinski definition) is 4. The van der Waals surface area contributed by atoms with Gasteiger partial charge in [0.2, 0.25) is 0 Å². The summed E-state index contributed by atoms with van der Waals surface area (Å²) in [5.74, 6) is 0.698. The van der Waals surface area contributed by atoms with E-state index in [4.69, 9.17) is 19.9 Å². The Hall–Kier alpha value is -8.34. The highest BCUT2D eigenvalue weighted by atomic mass is 14.9. The van der Waals surface area contributed by atoms with Crippen molar-refractivity contribution in [1.29, 1.82) is 0 Å². The minimum absolute atomic E-state index is 0.698. The maximum absolute atomic E-state index is 5.31. The van der Waals surface area contributed by atoms with Crippen LogP contribution in [0.15, 0.2) is 218 Å². The molecule has 0 aliphatic heterocycles. The number of aromatic nitrogens is 4. The van der Waals surface area contributed by atoms with E-state index in [2.05, 4.69) is 182 Å². The Bertz CT molecular complexity index is 3580. The molecule has 0 saturated heterocycles. The highest BCUT2D eigenvalue weighted by Crippen LogP contribution is 2.38. The van der Waals surface area contributed by atoms with Crippen LogP contribution in [0.5, 0.6) is 0 Å². The van der Waals surface area contributed by atoms with Crippen LogP contribution < -0.4 is 0 Å². The Balaban J connectivity index is 0.900. The maximum atomic E-state index is 5.31. The van der Waals surface area contributed by atoms with Gasteiger partial charge in [-0.3, -0.25) is 0 Å². The zero-order valence-electron chi connectivity index (χ0n) is 33.6. The summed E-state index contributed by atoms with van der Waals surface area (Å²) in [6, 6.07) is 76.9. The van der Waals surface area contributed by atoms with Crippen molar-refractivity contribution < 1.29 is 0 Å². The molecule has 0 saturated carbocycles. The lowest BCUT2D eigenvalue weighted by Gasteiger charge is -2.13. The van der Waals surface area contributed by atoms with E-state index in [9.17, 15) is 0 Å². The smallest absolute Gasteiger partial charge is 0.160 e. The van der Waals surface area contributed by atoms with Crippen molar-refractivity contribution in [2.75, 3.05) is 0 Å². The van der Waals surface area contributed by atoms with E-state index < -0.39 is 0 Å². The summed E-state index contributed by atoms with van der Waals surface area (Å²) in [5, 5.41) is 9.75. The van der Waals surface area contributed by atoms with Gasteiger partial charge in [0, 0.05) is 38.6 Å². The average Bonchev–Trinajstić information content (AvgIpc) is 3.36. The number of fused-ring (bicyclic) bond motifs is 9. The molecule has 4 heteroatoms. The van der Waals surface area contributed by atoms with Crippen LogP contribution in [0.25, 0.3) is 122 Å². The van der Waals surface area contributed by atoms with Crippen molar-refractivity contribution in [3.8, 4) is 67.5 Å². The van der Waals surface area contributed by atoms with Crippen LogP contribution in [0.4, 0.5) is 0 Å². The first kappa shape index (κ1) is 35.6. The lowest BCUT2D eigenvalue weighted by Crippen LogP contribution is -1.96. The monoisotopic (exact) mass is 788 g/mol. The standard InChI is InChI=1S/C58H36N4/c1-3-12-37(13-4-1)54-36-55(62-58(61-54)42-14-5-2-6-15-42)39-24-22-38(23-25-39)52-32-29-40-26-27-41-30-33-53(60-57(41)56(40)59-52)45-17-11-16-43(34-45)44-28-31-50-48-20-8-7-18-46(48)47-19-9-10-21-49(47)51(50)35-44/h1-36H. The quantitative estimate of drug-likeness (QED) is 0.158. The van der Waals surface area contributed by atoms with Crippen LogP contribution in [0.1, 0.15) is 0 Å². The van der Waals surface area contributed by atoms with Crippen molar-refractivity contribution in [3.63, 3.8) is 0 Å². The van der Waals surface area contributed by atoms with Gasteiger partial charge < -0.3 is 0 Å². The number of pyridine rings is 2. The summed E-state index contributed by atoms with van der Waals surface area (Å²) in [7, 11) is 0. The molecule has 4 nitrogen and oxygen atoms in total. The van der Waals surface area contributed by atoms with Gasteiger partial charge in [-0.15, -0.1) is 0 Å². The average molecular weight is 789 g/mol. The Labute approximate surface area is 358 Å². The highest BCUT2D eigenvalue weighted by molar-refractivity contribution is 6.25. The fraction of sp³-hybridized carbons (Fsp3) is 0. The molecule has 0 amide bonds. The molecule has 0 atom stereocenters. The molecule has 3 aromatic heterocycles. The number of nitrogens with zero attached hydrogens (tertiary/aromatic N) is 4. The van der Waals surface area contributed by atoms with E-state index in [0.29, 0.717) is 5.82 Å². The fourth-order valence-corrected chi connectivity index (χ4v) is 8.91. The van der Waals surface area contributed by atoms with Gasteiger partial charge in [-0.2, -0.15) is 0 Å². The third kappa shape index (κ3) is 6.25. The molecule has 12 rings (SSSR count). The predicted octanol–water partition coefficient (Wildman–Crippen LogP) is 15.0. The van der Waals surface area contributed by atoms with Crippen LogP contribution >= 0.6 is 0 Å². The van der Waals surface area contributed by atoms with Crippen LogP contribution in [0.2, 0.25) is 0 Å². The van der Waals surface area contributed by atoms with E-state index in [1.54, 1.807) is 0 Å². The Morgan fingerprint density at radius 3 is 1.21 bits per heavy atom. The molecule has 0 radical (unpaired) electrons. The number of hydrogen-bond donors (Lipinski definition) is 0. The van der Waals surface area contributed by atoms with E-state index >= 15 is 0 Å². The normalized spacial score (nSPS) is 11.5. The van der Waals surface area contributed by atoms with Crippen molar-refractivity contribution in [2.24, 2.45) is 0 Å².